The molecule has 15 heteroatoms. The van der Waals surface area contributed by atoms with Crippen LogP contribution in [0.25, 0.3) is 4.85 Å². The summed E-state index contributed by atoms with van der Waals surface area (Å²) in [5, 5.41) is 29.3. The van der Waals surface area contributed by atoms with Crippen molar-refractivity contribution in [1.82, 2.24) is 0 Å². The summed E-state index contributed by atoms with van der Waals surface area (Å²) in [7, 11) is 2.75. The second kappa shape index (κ2) is 54.2. The topological polar surface area (TPSA) is 105 Å². The number of carbonyl (C=O) groups is 2. The van der Waals surface area contributed by atoms with Gasteiger partial charge in [0.15, 0.2) is 5.69 Å². The molecule has 0 heterocycles. The monoisotopic (exact) mass is 1860 g/mol. The van der Waals surface area contributed by atoms with Crippen molar-refractivity contribution < 1.29 is 63.2 Å². The van der Waals surface area contributed by atoms with Crippen LogP contribution in [0.15, 0.2) is 388 Å². The van der Waals surface area contributed by atoms with Gasteiger partial charge in [-0.3, -0.25) is 0 Å². The largest absolute Gasteiger partial charge is 2.00 e. The molecule has 0 atom stereocenters. The Morgan fingerprint density at radius 1 is 0.359 bits per heavy atom. The average Bonchev–Trinajstić information content (AvgIpc) is 0.797. The molecule has 586 valence electrons. The van der Waals surface area contributed by atoms with E-state index in [0.717, 1.165) is 29.5 Å². The molecule has 0 spiro atoms. The number of methoxy groups -OCH3 is 2. The van der Waals surface area contributed by atoms with Gasteiger partial charge >= 0.3 is 52.5 Å². The van der Waals surface area contributed by atoms with Crippen LogP contribution in [0.2, 0.25) is 0 Å². The van der Waals surface area contributed by atoms with Gasteiger partial charge < -0.3 is 37.5 Å². The third-order valence-electron chi connectivity index (χ3n) is 18.9. The van der Waals surface area contributed by atoms with Crippen molar-refractivity contribution in [2.45, 2.75) is 64.2 Å². The molecule has 14 aromatic rings. The van der Waals surface area contributed by atoms with Gasteiger partial charge in [-0.05, 0) is 204 Å². The van der Waals surface area contributed by atoms with Crippen molar-refractivity contribution in [3.8, 4) is 0 Å². The summed E-state index contributed by atoms with van der Waals surface area (Å²) >= 11 is 4.32. The molecule has 0 aromatic heterocycles. The molecule has 2 aliphatic carbocycles. The number of benzene rings is 14. The Morgan fingerprint density at radius 2 is 0.530 bits per heavy atom. The summed E-state index contributed by atoms with van der Waals surface area (Å²) in [6, 6.07) is 137. The van der Waals surface area contributed by atoms with Gasteiger partial charge in [-0.25, -0.2) is 14.4 Å². The van der Waals surface area contributed by atoms with E-state index >= 15 is 0 Å². The number of esters is 2. The molecule has 2 aliphatic rings. The van der Waals surface area contributed by atoms with E-state index in [-0.39, 0.29) is 31.4 Å². The third kappa shape index (κ3) is 28.7. The molecule has 14 aromatic carbocycles. The number of aryl methyl sites for hydroxylation is 2. The van der Waals surface area contributed by atoms with Crippen LogP contribution < -0.4 is 63.7 Å². The molecule has 0 amide bonds. The van der Waals surface area contributed by atoms with Crippen molar-refractivity contribution >= 4 is 136 Å². The fraction of sp³-hybridized carbons (Fsp3) is 0.118. The summed E-state index contributed by atoms with van der Waals surface area (Å²) in [4.78, 5) is 26.6. The van der Waals surface area contributed by atoms with Gasteiger partial charge in [-0.15, -0.1) is 0 Å². The Hall–Kier alpha value is -9.84. The number of halogens is 2. The van der Waals surface area contributed by atoms with E-state index in [4.69, 9.17) is 40.5 Å². The minimum Gasteiger partial charge on any atom is -0.512 e. The van der Waals surface area contributed by atoms with E-state index in [1.807, 2.05) is 46.2 Å². The van der Waals surface area contributed by atoms with Gasteiger partial charge in [0.05, 0.1) is 31.9 Å². The molecule has 0 unspecified atom stereocenters. The number of hydrogen-bond donors (Lipinski definition) is 0. The summed E-state index contributed by atoms with van der Waals surface area (Å²) in [6.45, 7) is 20.6. The maximum atomic E-state index is 11.5. The number of rotatable bonds is 16. The third-order valence-corrected chi connectivity index (χ3v) is 29.6. The predicted molar refractivity (Wildman–Crippen MR) is 496 cm³/mol. The fourth-order valence-corrected chi connectivity index (χ4v) is 23.1. The Morgan fingerprint density at radius 3 is 0.692 bits per heavy atom. The Labute approximate surface area is 738 Å². The molecule has 0 bridgehead atoms. The Bertz CT molecular complexity index is 4370. The minimum absolute atomic E-state index is 0. The Kier molecular flexibility index (Phi) is 43.7. The minimum atomic E-state index is -0.446. The normalized spacial score (nSPS) is 11.3. The van der Waals surface area contributed by atoms with E-state index in [0.29, 0.717) is 28.7 Å². The molecule has 117 heavy (non-hydrogen) atoms. The van der Waals surface area contributed by atoms with Gasteiger partial charge in [0.2, 0.25) is 0 Å². The SMILES string of the molecule is COC(=O)c1cc(I)c(C2CCC2)cc1C.[2H][Pd+].[C-]#N.[C-]#N.[C-]#[N+]c1cc(C(=O)OC)c(C)cc1C1CCC1.[CH2-]F.[Zn+2].c1ccc(P(c2ccccc2)c2ccccc2)cc1.c1ccc(P(c2ccccc2)c2ccccc2)cc1.c1ccc(P(c2ccccc2)c2ccccc2)cc1.c1ccc(P(c2ccccc2)c2ccccc2)cc1. The van der Waals surface area contributed by atoms with Crippen molar-refractivity contribution in [1.29, 1.82) is 11.3 Å². The van der Waals surface area contributed by atoms with Crippen LogP contribution in [0.5, 0.6) is 0 Å². The second-order valence-electron chi connectivity index (χ2n) is 26.1. The zero-order valence-corrected chi connectivity index (χ0v) is 76.4. The molecule has 0 radical (unpaired) electrons. The number of hydrogen-bond acceptors (Lipinski definition) is 6. The van der Waals surface area contributed by atoms with Gasteiger partial charge in [-0.1, -0.05) is 389 Å². The first-order chi connectivity index (χ1) is 57.6. The predicted octanol–water partition coefficient (Wildman–Crippen LogP) is 21.7. The number of carbonyl (C=O) groups excluding carboxylic acids is 2. The van der Waals surface area contributed by atoms with Crippen LogP contribution in [0.1, 0.15) is 93.3 Å². The van der Waals surface area contributed by atoms with E-state index in [9.17, 15) is 14.0 Å². The summed E-state index contributed by atoms with van der Waals surface area (Å²) < 4.78 is 25.5. The van der Waals surface area contributed by atoms with Crippen LogP contribution in [0.4, 0.5) is 10.1 Å². The maximum Gasteiger partial charge on any atom is 2.00 e. The summed E-state index contributed by atoms with van der Waals surface area (Å²) in [6.07, 6.45) is 7.44. The molecule has 0 aliphatic heterocycles. The van der Waals surface area contributed by atoms with E-state index < -0.39 is 31.7 Å². The Balaban J connectivity index is 0.000000216. The van der Waals surface area contributed by atoms with Crippen LogP contribution >= 0.6 is 54.3 Å². The smallest absolute Gasteiger partial charge is 0.512 e. The van der Waals surface area contributed by atoms with Crippen molar-refractivity contribution in [2.75, 3.05) is 14.2 Å². The van der Waals surface area contributed by atoms with E-state index in [2.05, 4.69) is 397 Å². The summed E-state index contributed by atoms with van der Waals surface area (Å²) in [5.74, 6) is 0.602. The van der Waals surface area contributed by atoms with Crippen molar-refractivity contribution in [3.63, 3.8) is 0 Å². The van der Waals surface area contributed by atoms with Gasteiger partial charge in [0.1, 0.15) is 0 Å². The standard InChI is InChI=1S/4C18H15P.C14H15NO2.C13H15IO2.CH2F.2CN.Pd.Zn.H/c4*1-4-10-16(11-5-1)19(17-12-6-2-7-13-17)18-14-8-3-9-15-18;1-9-7-12(10-5-4-6-10)13(15-2)8-11(9)14(16)17-3;1-8-6-11(9-4-3-5-9)12(14)7-10(8)13(15)16-2;3*1-2;;;/h4*1-15H;7-8,10H,4-6H2,1,3H3;6-7,9H,3-5H2,1-2H3;1H2;;;;;/q;;;;;;3*-1;+1;+2;/i;;;;;;;;;;;1+1. The second-order valence-corrected chi connectivity index (χ2v) is 36.2. The molecular weight excluding hydrogens is 1770 g/mol. The molecule has 0 saturated heterocycles. The maximum absolute atomic E-state index is 11.5. The zero-order chi connectivity index (χ0) is 83.8. The first kappa shape index (κ1) is 94.3. The van der Waals surface area contributed by atoms with Crippen molar-refractivity contribution in [3.05, 3.63) is 457 Å². The molecule has 7 nitrogen and oxygen atoms in total. The van der Waals surface area contributed by atoms with Crippen LogP contribution in [0, 0.1) is 54.8 Å². The van der Waals surface area contributed by atoms with Crippen molar-refractivity contribution in [2.24, 2.45) is 0 Å². The molecule has 2 saturated carbocycles. The van der Waals surface area contributed by atoms with Gasteiger partial charge in [0, 0.05) is 3.57 Å². The van der Waals surface area contributed by atoms with Gasteiger partial charge in [-0.2, -0.15) is 7.18 Å². The number of nitrogens with zero attached hydrogens (tertiary/aromatic N) is 3. The fourth-order valence-electron chi connectivity index (χ4n) is 13.0. The number of ether oxygens (including phenoxy) is 2. The van der Waals surface area contributed by atoms with Crippen LogP contribution in [0.3, 0.4) is 0 Å². The molecule has 2 fully saturated rings. The van der Waals surface area contributed by atoms with E-state index in [1.165, 1.54) is 113 Å². The van der Waals surface area contributed by atoms with Crippen LogP contribution in [-0.4, -0.2) is 26.9 Å². The zero-order valence-electron chi connectivity index (χ0n) is 67.1. The van der Waals surface area contributed by atoms with Crippen LogP contribution in [-0.2, 0) is 49.2 Å². The first-order valence-electron chi connectivity index (χ1n) is 37.9. The molecule has 0 N–H and O–H groups in total. The summed E-state index contributed by atoms with van der Waals surface area (Å²) in [5.41, 5.74) is 6.20. The molecule has 16 rings (SSSR count). The van der Waals surface area contributed by atoms with E-state index in [1.54, 1.807) is 13.2 Å². The first-order valence-corrected chi connectivity index (χ1v) is 44.1. The average molecular weight is 1870 g/mol. The molecular formula is C102H93FIN3O4P4PdZn. The quantitative estimate of drug-likeness (QED) is 0.0314. The van der Waals surface area contributed by atoms with Gasteiger partial charge in [0.25, 0.3) is 0 Å².